The highest BCUT2D eigenvalue weighted by molar-refractivity contribution is 6.80. The first-order chi connectivity index (χ1) is 18.2. The second-order valence-electron chi connectivity index (χ2n) is 10.9. The molecule has 1 aliphatic heterocycles. The average molecular weight is 533 g/mol. The highest BCUT2D eigenvalue weighted by Crippen LogP contribution is 2.54. The minimum atomic E-state index is -2.34. The molecular weight excluding hydrogens is 500 g/mol. The third-order valence-corrected chi connectivity index (χ3v) is 9.99. The van der Waals surface area contributed by atoms with Crippen LogP contribution in [0.5, 0.6) is 17.2 Å². The molecule has 3 aromatic rings. The minimum Gasteiger partial charge on any atom is -0.479 e. The summed E-state index contributed by atoms with van der Waals surface area (Å²) in [6.07, 6.45) is 0.296. The Bertz CT molecular complexity index is 1250. The molecule has 2 aliphatic rings. The van der Waals surface area contributed by atoms with E-state index in [0.717, 1.165) is 16.7 Å². The van der Waals surface area contributed by atoms with Crippen molar-refractivity contribution >= 4 is 31.7 Å². The largest absolute Gasteiger partial charge is 0.479 e. The predicted octanol–water partition coefficient (Wildman–Crippen LogP) is 3.22. The fraction of sp³-hybridized carbons (Fsp3) is 0.333. The summed E-state index contributed by atoms with van der Waals surface area (Å²) in [7, 11) is -2.34. The second kappa shape index (κ2) is 10.3. The maximum atomic E-state index is 13.3. The number of ether oxygens (including phenoxy) is 3. The number of carbonyl (C=O) groups is 2. The monoisotopic (exact) mass is 532 g/mol. The fourth-order valence-corrected chi connectivity index (χ4v) is 8.26. The molecule has 1 fully saturated rings. The maximum absolute atomic E-state index is 13.3. The Labute approximate surface area is 224 Å². The SMILES string of the molecule is CC(C)(C)[C@H]1C[C@@H]2Oc3c(OCC(=O)O)cccc3O[C@H]2[C@]1(C=O)O[SiH](c1ccccc1)c1ccccc1. The molecule has 198 valence electrons. The van der Waals surface area contributed by atoms with Gasteiger partial charge in [0, 0.05) is 5.92 Å². The number of rotatable bonds is 8. The van der Waals surface area contributed by atoms with Crippen molar-refractivity contribution in [3.63, 3.8) is 0 Å². The average Bonchev–Trinajstić information content (AvgIpc) is 3.24. The fourth-order valence-electron chi connectivity index (χ4n) is 5.70. The number of aliphatic carboxylic acids is 1. The van der Waals surface area contributed by atoms with Crippen molar-refractivity contribution in [1.82, 2.24) is 0 Å². The van der Waals surface area contributed by atoms with Gasteiger partial charge in [0.25, 0.3) is 0 Å². The van der Waals surface area contributed by atoms with E-state index in [4.69, 9.17) is 23.7 Å². The van der Waals surface area contributed by atoms with Gasteiger partial charge in [0.2, 0.25) is 14.8 Å². The van der Waals surface area contributed by atoms with E-state index in [1.807, 2.05) is 36.4 Å². The van der Waals surface area contributed by atoms with E-state index in [9.17, 15) is 9.59 Å². The molecule has 1 N–H and O–H groups in total. The highest BCUT2D eigenvalue weighted by Gasteiger charge is 2.64. The zero-order valence-electron chi connectivity index (χ0n) is 21.7. The number of hydrogen-bond donors (Lipinski definition) is 1. The lowest BCUT2D eigenvalue weighted by molar-refractivity contribution is -0.142. The van der Waals surface area contributed by atoms with Crippen LogP contribution < -0.4 is 24.6 Å². The summed E-state index contributed by atoms with van der Waals surface area (Å²) in [5.74, 6) is -0.249. The van der Waals surface area contributed by atoms with E-state index in [-0.39, 0.29) is 11.3 Å². The van der Waals surface area contributed by atoms with Gasteiger partial charge in [-0.1, -0.05) is 87.5 Å². The molecule has 8 heteroatoms. The van der Waals surface area contributed by atoms with Crippen molar-refractivity contribution in [1.29, 1.82) is 0 Å². The molecule has 0 amide bonds. The highest BCUT2D eigenvalue weighted by atomic mass is 28.3. The van der Waals surface area contributed by atoms with Gasteiger partial charge >= 0.3 is 5.97 Å². The molecule has 1 heterocycles. The van der Waals surface area contributed by atoms with Gasteiger partial charge in [-0.3, -0.25) is 0 Å². The number of fused-ring (bicyclic) bond motifs is 2. The lowest BCUT2D eigenvalue weighted by Crippen LogP contribution is -2.62. The molecule has 4 atom stereocenters. The van der Waals surface area contributed by atoms with Crippen molar-refractivity contribution in [3.05, 3.63) is 78.9 Å². The Morgan fingerprint density at radius 3 is 2.18 bits per heavy atom. The molecule has 0 saturated heterocycles. The number of carbonyl (C=O) groups excluding carboxylic acids is 1. The van der Waals surface area contributed by atoms with Crippen molar-refractivity contribution in [2.75, 3.05) is 6.61 Å². The summed E-state index contributed by atoms with van der Waals surface area (Å²) in [6.45, 7) is 5.81. The number of hydrogen-bond acceptors (Lipinski definition) is 6. The van der Waals surface area contributed by atoms with Crippen LogP contribution in [0.2, 0.25) is 0 Å². The van der Waals surface area contributed by atoms with Crippen molar-refractivity contribution in [2.24, 2.45) is 11.3 Å². The molecular formula is C30H32O7Si. The van der Waals surface area contributed by atoms with Crippen molar-refractivity contribution < 1.29 is 33.3 Å². The van der Waals surface area contributed by atoms with Crippen LogP contribution in [-0.2, 0) is 14.0 Å². The summed E-state index contributed by atoms with van der Waals surface area (Å²) >= 11 is 0. The summed E-state index contributed by atoms with van der Waals surface area (Å²) < 4.78 is 25.5. The van der Waals surface area contributed by atoms with Gasteiger partial charge in [0.1, 0.15) is 6.10 Å². The number of carboxylic acids is 1. The number of para-hydroxylation sites is 1. The van der Waals surface area contributed by atoms with E-state index < -0.39 is 39.4 Å². The van der Waals surface area contributed by atoms with Crippen LogP contribution in [0, 0.1) is 11.3 Å². The van der Waals surface area contributed by atoms with E-state index in [0.29, 0.717) is 23.7 Å². The van der Waals surface area contributed by atoms with Crippen LogP contribution in [0.4, 0.5) is 0 Å². The Kier molecular flexibility index (Phi) is 7.03. The summed E-state index contributed by atoms with van der Waals surface area (Å²) in [5.41, 5.74) is -1.56. The van der Waals surface area contributed by atoms with Gasteiger partial charge in [-0.15, -0.1) is 0 Å². The molecule has 0 bridgehead atoms. The number of benzene rings is 3. The Morgan fingerprint density at radius 1 is 1.00 bits per heavy atom. The Balaban J connectivity index is 1.58. The van der Waals surface area contributed by atoms with E-state index in [1.54, 1.807) is 18.2 Å². The van der Waals surface area contributed by atoms with Crippen LogP contribution in [0.1, 0.15) is 27.2 Å². The van der Waals surface area contributed by atoms with E-state index in [2.05, 4.69) is 45.0 Å². The molecule has 0 spiro atoms. The number of carboxylic acid groups (broad SMARTS) is 1. The molecule has 3 aromatic carbocycles. The first kappa shape index (κ1) is 26.0. The third-order valence-electron chi connectivity index (χ3n) is 7.37. The van der Waals surface area contributed by atoms with E-state index >= 15 is 0 Å². The van der Waals surface area contributed by atoms with Gasteiger partial charge in [-0.05, 0) is 34.3 Å². The van der Waals surface area contributed by atoms with Gasteiger partial charge in [0.15, 0.2) is 36.1 Å². The van der Waals surface area contributed by atoms with Crippen LogP contribution in [-0.4, -0.2) is 50.8 Å². The first-order valence-electron chi connectivity index (χ1n) is 12.8. The molecule has 0 unspecified atom stereocenters. The lowest BCUT2D eigenvalue weighted by atomic mass is 9.72. The van der Waals surface area contributed by atoms with Crippen molar-refractivity contribution in [2.45, 2.75) is 45.0 Å². The topological polar surface area (TPSA) is 91.3 Å². The smallest absolute Gasteiger partial charge is 0.341 e. The molecule has 38 heavy (non-hydrogen) atoms. The van der Waals surface area contributed by atoms with Crippen LogP contribution in [0.25, 0.3) is 0 Å². The summed E-state index contributed by atoms with van der Waals surface area (Å²) in [5, 5.41) is 11.2. The molecule has 5 rings (SSSR count). The molecule has 1 aliphatic carbocycles. The third kappa shape index (κ3) is 4.81. The van der Waals surface area contributed by atoms with Gasteiger partial charge in [0.05, 0.1) is 0 Å². The predicted molar refractivity (Wildman–Crippen MR) is 145 cm³/mol. The second-order valence-corrected chi connectivity index (χ2v) is 13.2. The molecule has 1 saturated carbocycles. The summed E-state index contributed by atoms with van der Waals surface area (Å²) in [4.78, 5) is 24.4. The summed E-state index contributed by atoms with van der Waals surface area (Å²) in [6, 6.07) is 25.2. The van der Waals surface area contributed by atoms with Gasteiger partial charge in [-0.2, -0.15) is 0 Å². The molecule has 0 radical (unpaired) electrons. The first-order valence-corrected chi connectivity index (χ1v) is 14.4. The quantitative estimate of drug-likeness (QED) is 0.352. The zero-order chi connectivity index (χ0) is 26.9. The normalized spacial score (nSPS) is 24.1. The molecule has 7 nitrogen and oxygen atoms in total. The van der Waals surface area contributed by atoms with Crippen LogP contribution >= 0.6 is 0 Å². The maximum Gasteiger partial charge on any atom is 0.341 e. The minimum absolute atomic E-state index is 0.206. The lowest BCUT2D eigenvalue weighted by Gasteiger charge is -2.44. The van der Waals surface area contributed by atoms with Crippen LogP contribution in [0.15, 0.2) is 78.9 Å². The van der Waals surface area contributed by atoms with Crippen molar-refractivity contribution in [3.8, 4) is 17.2 Å². The number of aldehydes is 1. The zero-order valence-corrected chi connectivity index (χ0v) is 22.9. The Morgan fingerprint density at radius 2 is 1.63 bits per heavy atom. The standard InChI is InChI=1S/C30H32O7Si/c1-29(2,3)25-17-24-28(36-23-16-10-15-22(27(23)35-24)34-18-26(32)33)30(25,19-31)37-38(20-11-6-4-7-12-20)21-13-8-5-9-14-21/h4-16,19,24-25,28,38H,17-18H2,1-3H3,(H,32,33)/t24-,25+,28+,30+/m0/s1. The van der Waals surface area contributed by atoms with Gasteiger partial charge < -0.3 is 28.5 Å². The van der Waals surface area contributed by atoms with Crippen LogP contribution in [0.3, 0.4) is 0 Å². The Hall–Kier alpha value is -3.62. The molecule has 0 aromatic heterocycles. The van der Waals surface area contributed by atoms with E-state index in [1.165, 1.54) is 0 Å². The van der Waals surface area contributed by atoms with Gasteiger partial charge in [-0.25, -0.2) is 4.79 Å².